The Labute approximate surface area is 103 Å². The number of hydrogen-bond acceptors (Lipinski definition) is 3. The van der Waals surface area contributed by atoms with Gasteiger partial charge in [-0.25, -0.2) is 0 Å². The molecule has 0 spiro atoms. The van der Waals surface area contributed by atoms with E-state index in [1.165, 1.54) is 18.4 Å². The van der Waals surface area contributed by atoms with Crippen LogP contribution in [0.15, 0.2) is 18.2 Å². The third kappa shape index (κ3) is 2.25. The monoisotopic (exact) mass is 235 g/mol. The van der Waals surface area contributed by atoms with Crippen molar-refractivity contribution >= 4 is 0 Å². The lowest BCUT2D eigenvalue weighted by molar-refractivity contribution is 0.307. The van der Waals surface area contributed by atoms with Crippen LogP contribution in [0.25, 0.3) is 0 Å². The van der Waals surface area contributed by atoms with Gasteiger partial charge in [-0.15, -0.1) is 0 Å². The van der Waals surface area contributed by atoms with E-state index in [2.05, 4.69) is 6.07 Å². The van der Waals surface area contributed by atoms with Crippen molar-refractivity contribution in [1.82, 2.24) is 0 Å². The Kier molecular flexibility index (Phi) is 3.57. The quantitative estimate of drug-likeness (QED) is 0.823. The van der Waals surface area contributed by atoms with E-state index in [0.717, 1.165) is 24.5 Å². The van der Waals surface area contributed by atoms with E-state index in [9.17, 15) is 0 Å². The predicted molar refractivity (Wildman–Crippen MR) is 68.7 cm³/mol. The zero-order valence-corrected chi connectivity index (χ0v) is 10.7. The summed E-state index contributed by atoms with van der Waals surface area (Å²) in [5.41, 5.74) is 7.21. The summed E-state index contributed by atoms with van der Waals surface area (Å²) in [7, 11) is 1.71. The molecule has 0 radical (unpaired) electrons. The molecule has 0 bridgehead atoms. The predicted octanol–water partition coefficient (Wildman–Crippen LogP) is 2.47. The Hall–Kier alpha value is -1.22. The third-order valence-corrected chi connectivity index (χ3v) is 3.53. The van der Waals surface area contributed by atoms with Crippen LogP contribution < -0.4 is 15.2 Å². The minimum Gasteiger partial charge on any atom is -0.493 e. The number of benzene rings is 1. The number of para-hydroxylation sites is 1. The molecule has 3 nitrogen and oxygen atoms in total. The highest BCUT2D eigenvalue weighted by Crippen LogP contribution is 2.55. The van der Waals surface area contributed by atoms with Crippen LogP contribution >= 0.6 is 0 Å². The first kappa shape index (κ1) is 12.2. The van der Waals surface area contributed by atoms with Crippen LogP contribution in [0.3, 0.4) is 0 Å². The molecule has 1 aliphatic carbocycles. The molecule has 0 unspecified atom stereocenters. The fourth-order valence-corrected chi connectivity index (χ4v) is 2.49. The number of methoxy groups -OCH3 is 1. The fraction of sp³-hybridized carbons (Fsp3) is 0.571. The maximum absolute atomic E-state index is 5.71. The van der Waals surface area contributed by atoms with Gasteiger partial charge in [-0.05, 0) is 38.8 Å². The summed E-state index contributed by atoms with van der Waals surface area (Å²) in [6.07, 6.45) is 3.44. The molecule has 0 aromatic heterocycles. The molecule has 1 aliphatic rings. The SMILES string of the molecule is CCOc1cccc(C2(CCN)CC2)c1OC. The smallest absolute Gasteiger partial charge is 0.164 e. The Bertz CT molecular complexity index is 386. The Morgan fingerprint density at radius 3 is 2.65 bits per heavy atom. The molecule has 3 heteroatoms. The van der Waals surface area contributed by atoms with Gasteiger partial charge in [-0.3, -0.25) is 0 Å². The number of hydrogen-bond donors (Lipinski definition) is 1. The van der Waals surface area contributed by atoms with Gasteiger partial charge in [-0.1, -0.05) is 12.1 Å². The van der Waals surface area contributed by atoms with Gasteiger partial charge in [0.25, 0.3) is 0 Å². The van der Waals surface area contributed by atoms with Gasteiger partial charge in [0, 0.05) is 11.0 Å². The van der Waals surface area contributed by atoms with E-state index in [0.29, 0.717) is 6.61 Å². The number of rotatable bonds is 6. The zero-order valence-electron chi connectivity index (χ0n) is 10.7. The van der Waals surface area contributed by atoms with E-state index >= 15 is 0 Å². The molecular weight excluding hydrogens is 214 g/mol. The first-order valence-corrected chi connectivity index (χ1v) is 6.28. The van der Waals surface area contributed by atoms with Crippen molar-refractivity contribution in [1.29, 1.82) is 0 Å². The lowest BCUT2D eigenvalue weighted by Gasteiger charge is -2.20. The molecule has 94 valence electrons. The summed E-state index contributed by atoms with van der Waals surface area (Å²) in [6.45, 7) is 3.37. The molecule has 1 aromatic carbocycles. The van der Waals surface area contributed by atoms with Crippen LogP contribution in [0, 0.1) is 0 Å². The largest absolute Gasteiger partial charge is 0.493 e. The molecule has 2 rings (SSSR count). The molecular formula is C14H21NO2. The molecule has 0 heterocycles. The summed E-state index contributed by atoms with van der Waals surface area (Å²) in [5, 5.41) is 0. The summed E-state index contributed by atoms with van der Waals surface area (Å²) in [6, 6.07) is 6.15. The Morgan fingerprint density at radius 2 is 2.12 bits per heavy atom. The highest BCUT2D eigenvalue weighted by Gasteiger charge is 2.45. The second-order valence-electron chi connectivity index (χ2n) is 4.59. The molecule has 17 heavy (non-hydrogen) atoms. The number of ether oxygens (including phenoxy) is 2. The average molecular weight is 235 g/mol. The van der Waals surface area contributed by atoms with E-state index in [1.807, 2.05) is 19.1 Å². The van der Waals surface area contributed by atoms with Gasteiger partial charge in [0.15, 0.2) is 11.5 Å². The van der Waals surface area contributed by atoms with Crippen LogP contribution in [0.5, 0.6) is 11.5 Å². The lowest BCUT2D eigenvalue weighted by Crippen LogP contribution is -2.15. The first-order valence-electron chi connectivity index (χ1n) is 6.28. The highest BCUT2D eigenvalue weighted by atomic mass is 16.5. The van der Waals surface area contributed by atoms with Gasteiger partial charge in [0.05, 0.1) is 13.7 Å². The molecule has 1 saturated carbocycles. The maximum Gasteiger partial charge on any atom is 0.164 e. The first-order chi connectivity index (χ1) is 8.27. The van der Waals surface area contributed by atoms with Crippen molar-refractivity contribution in [3.05, 3.63) is 23.8 Å². The minimum atomic E-state index is 0.243. The van der Waals surface area contributed by atoms with Crippen LogP contribution in [0.4, 0.5) is 0 Å². The van der Waals surface area contributed by atoms with Crippen LogP contribution in [0.2, 0.25) is 0 Å². The van der Waals surface area contributed by atoms with Crippen molar-refractivity contribution in [3.8, 4) is 11.5 Å². The highest BCUT2D eigenvalue weighted by molar-refractivity contribution is 5.52. The van der Waals surface area contributed by atoms with Gasteiger partial charge in [-0.2, -0.15) is 0 Å². The van der Waals surface area contributed by atoms with Crippen LogP contribution in [-0.2, 0) is 5.41 Å². The third-order valence-electron chi connectivity index (χ3n) is 3.53. The fourth-order valence-electron chi connectivity index (χ4n) is 2.49. The van der Waals surface area contributed by atoms with Gasteiger partial charge in [0.2, 0.25) is 0 Å². The van der Waals surface area contributed by atoms with Crippen molar-refractivity contribution in [3.63, 3.8) is 0 Å². The van der Waals surface area contributed by atoms with Gasteiger partial charge >= 0.3 is 0 Å². The molecule has 0 aliphatic heterocycles. The van der Waals surface area contributed by atoms with Crippen LogP contribution in [0.1, 0.15) is 31.7 Å². The Balaban J connectivity index is 2.36. The number of nitrogens with two attached hydrogens (primary N) is 1. The van der Waals surface area contributed by atoms with Gasteiger partial charge in [0.1, 0.15) is 0 Å². The molecule has 0 saturated heterocycles. The second kappa shape index (κ2) is 4.96. The summed E-state index contributed by atoms with van der Waals surface area (Å²) in [5.74, 6) is 1.73. The normalized spacial score (nSPS) is 16.6. The van der Waals surface area contributed by atoms with Gasteiger partial charge < -0.3 is 15.2 Å². The summed E-state index contributed by atoms with van der Waals surface area (Å²) < 4.78 is 11.1. The van der Waals surface area contributed by atoms with E-state index in [1.54, 1.807) is 7.11 Å². The topological polar surface area (TPSA) is 44.5 Å². The molecule has 1 fully saturated rings. The van der Waals surface area contributed by atoms with Crippen molar-refractivity contribution < 1.29 is 9.47 Å². The maximum atomic E-state index is 5.71. The van der Waals surface area contributed by atoms with E-state index in [4.69, 9.17) is 15.2 Å². The van der Waals surface area contributed by atoms with E-state index in [-0.39, 0.29) is 5.41 Å². The standard InChI is InChI=1S/C14H21NO2/c1-3-17-12-6-4-5-11(13(12)16-2)14(7-8-14)9-10-15/h4-6H,3,7-10,15H2,1-2H3. The van der Waals surface area contributed by atoms with Crippen molar-refractivity contribution in [2.24, 2.45) is 5.73 Å². The molecule has 1 aromatic rings. The lowest BCUT2D eigenvalue weighted by atomic mass is 9.91. The van der Waals surface area contributed by atoms with E-state index < -0.39 is 0 Å². The second-order valence-corrected chi connectivity index (χ2v) is 4.59. The minimum absolute atomic E-state index is 0.243. The molecule has 2 N–H and O–H groups in total. The molecule has 0 atom stereocenters. The summed E-state index contributed by atoms with van der Waals surface area (Å²) in [4.78, 5) is 0. The average Bonchev–Trinajstić information content (AvgIpc) is 3.11. The van der Waals surface area contributed by atoms with Crippen molar-refractivity contribution in [2.45, 2.75) is 31.6 Å². The molecule has 0 amide bonds. The Morgan fingerprint density at radius 1 is 1.35 bits per heavy atom. The zero-order chi connectivity index (χ0) is 12.3. The summed E-state index contributed by atoms with van der Waals surface area (Å²) >= 11 is 0. The van der Waals surface area contributed by atoms with Crippen LogP contribution in [-0.4, -0.2) is 20.3 Å². The van der Waals surface area contributed by atoms with Crippen molar-refractivity contribution in [2.75, 3.05) is 20.3 Å².